The van der Waals surface area contributed by atoms with Crippen LogP contribution in [0.3, 0.4) is 0 Å². The molecule has 7 heteroatoms. The fourth-order valence-electron chi connectivity index (χ4n) is 1.64. The summed E-state index contributed by atoms with van der Waals surface area (Å²) in [4.78, 5) is 25.0. The van der Waals surface area contributed by atoms with Crippen molar-refractivity contribution in [2.75, 3.05) is 38.0 Å². The number of benzene rings is 1. The molecule has 0 spiro atoms. The summed E-state index contributed by atoms with van der Waals surface area (Å²) in [6, 6.07) is 7.50. The molecule has 0 bridgehead atoms. The van der Waals surface area contributed by atoms with Crippen LogP contribution < -0.4 is 15.6 Å². The van der Waals surface area contributed by atoms with E-state index in [2.05, 4.69) is 20.6 Å². The Morgan fingerprint density at radius 1 is 1.18 bits per heavy atom. The average Bonchev–Trinajstić information content (AvgIpc) is 2.46. The van der Waals surface area contributed by atoms with Crippen molar-refractivity contribution < 1.29 is 14.3 Å². The van der Waals surface area contributed by atoms with Crippen LogP contribution >= 0.6 is 0 Å². The van der Waals surface area contributed by atoms with Gasteiger partial charge in [0.15, 0.2) is 0 Å². The molecule has 1 aromatic rings. The SMILES string of the molecule is COCC(=O)NN=C(C)CC(=O)Nc1ccc(N(C)C)cc1. The second kappa shape index (κ2) is 8.78. The maximum atomic E-state index is 11.9. The number of ether oxygens (including phenoxy) is 1. The highest BCUT2D eigenvalue weighted by atomic mass is 16.5. The monoisotopic (exact) mass is 306 g/mol. The van der Waals surface area contributed by atoms with Gasteiger partial charge >= 0.3 is 0 Å². The van der Waals surface area contributed by atoms with Gasteiger partial charge in [-0.2, -0.15) is 5.10 Å². The third-order valence-corrected chi connectivity index (χ3v) is 2.73. The summed E-state index contributed by atoms with van der Waals surface area (Å²) in [5.74, 6) is -0.554. The van der Waals surface area contributed by atoms with Crippen molar-refractivity contribution in [2.45, 2.75) is 13.3 Å². The van der Waals surface area contributed by atoms with Crippen LogP contribution in [0.5, 0.6) is 0 Å². The zero-order valence-electron chi connectivity index (χ0n) is 13.3. The summed E-state index contributed by atoms with van der Waals surface area (Å²) in [7, 11) is 5.32. The average molecular weight is 306 g/mol. The van der Waals surface area contributed by atoms with Gasteiger partial charge in [-0.1, -0.05) is 0 Å². The van der Waals surface area contributed by atoms with E-state index in [1.165, 1.54) is 7.11 Å². The number of amides is 2. The second-order valence-corrected chi connectivity index (χ2v) is 4.98. The van der Waals surface area contributed by atoms with Crippen LogP contribution in [0.2, 0.25) is 0 Å². The number of hydrogen-bond donors (Lipinski definition) is 2. The van der Waals surface area contributed by atoms with Gasteiger partial charge in [0.05, 0.1) is 6.42 Å². The maximum Gasteiger partial charge on any atom is 0.266 e. The number of rotatable bonds is 7. The Bertz CT molecular complexity index is 538. The number of anilines is 2. The highest BCUT2D eigenvalue weighted by Crippen LogP contribution is 2.15. The van der Waals surface area contributed by atoms with Crippen molar-refractivity contribution >= 4 is 28.9 Å². The number of methoxy groups -OCH3 is 1. The molecule has 1 aromatic carbocycles. The minimum atomic E-state index is -0.360. The molecule has 2 amide bonds. The number of hydrogen-bond acceptors (Lipinski definition) is 5. The molecular formula is C15H22N4O3. The first kappa shape index (κ1) is 17.6. The molecule has 0 atom stereocenters. The molecule has 120 valence electrons. The Hall–Kier alpha value is -2.41. The molecule has 0 unspecified atom stereocenters. The summed E-state index contributed by atoms with van der Waals surface area (Å²) in [5.41, 5.74) is 4.58. The first-order valence-corrected chi connectivity index (χ1v) is 6.80. The molecular weight excluding hydrogens is 284 g/mol. The molecule has 0 heterocycles. The van der Waals surface area contributed by atoms with Gasteiger partial charge in [0.2, 0.25) is 5.91 Å². The minimum Gasteiger partial charge on any atom is -0.378 e. The van der Waals surface area contributed by atoms with E-state index in [4.69, 9.17) is 0 Å². The number of nitrogens with zero attached hydrogens (tertiary/aromatic N) is 2. The zero-order valence-corrected chi connectivity index (χ0v) is 13.3. The summed E-state index contributed by atoms with van der Waals surface area (Å²) < 4.78 is 4.66. The van der Waals surface area contributed by atoms with E-state index in [0.29, 0.717) is 11.4 Å². The zero-order chi connectivity index (χ0) is 16.5. The maximum absolute atomic E-state index is 11.9. The van der Waals surface area contributed by atoms with E-state index in [0.717, 1.165) is 5.69 Å². The summed E-state index contributed by atoms with van der Waals surface area (Å²) in [6.45, 7) is 1.60. The largest absolute Gasteiger partial charge is 0.378 e. The first-order valence-electron chi connectivity index (χ1n) is 6.80. The van der Waals surface area contributed by atoms with E-state index < -0.39 is 0 Å². The number of carbonyl (C=O) groups is 2. The van der Waals surface area contributed by atoms with Crippen LogP contribution in [0.4, 0.5) is 11.4 Å². The second-order valence-electron chi connectivity index (χ2n) is 4.98. The van der Waals surface area contributed by atoms with E-state index in [1.54, 1.807) is 6.92 Å². The Morgan fingerprint density at radius 2 is 1.82 bits per heavy atom. The van der Waals surface area contributed by atoms with Crippen molar-refractivity contribution in [1.82, 2.24) is 5.43 Å². The molecule has 0 radical (unpaired) electrons. The minimum absolute atomic E-state index is 0.0683. The topological polar surface area (TPSA) is 83.0 Å². The third kappa shape index (κ3) is 6.36. The Morgan fingerprint density at radius 3 is 2.36 bits per heavy atom. The number of carbonyl (C=O) groups excluding carboxylic acids is 2. The highest BCUT2D eigenvalue weighted by molar-refractivity contribution is 6.05. The van der Waals surface area contributed by atoms with Crippen LogP contribution in [0.15, 0.2) is 29.4 Å². The smallest absolute Gasteiger partial charge is 0.266 e. The van der Waals surface area contributed by atoms with Crippen molar-refractivity contribution in [3.8, 4) is 0 Å². The Balaban J connectivity index is 2.48. The lowest BCUT2D eigenvalue weighted by Crippen LogP contribution is -2.24. The summed E-state index contributed by atoms with van der Waals surface area (Å²) >= 11 is 0. The van der Waals surface area contributed by atoms with Crippen molar-refractivity contribution in [3.63, 3.8) is 0 Å². The molecule has 7 nitrogen and oxygen atoms in total. The molecule has 1 rings (SSSR count). The van der Waals surface area contributed by atoms with Gasteiger partial charge in [0, 0.05) is 38.3 Å². The third-order valence-electron chi connectivity index (χ3n) is 2.73. The lowest BCUT2D eigenvalue weighted by atomic mass is 10.2. The predicted molar refractivity (Wildman–Crippen MR) is 87.1 cm³/mol. The molecule has 22 heavy (non-hydrogen) atoms. The van der Waals surface area contributed by atoms with Gasteiger partial charge in [-0.15, -0.1) is 0 Å². The Labute approximate surface area is 130 Å². The number of nitrogens with one attached hydrogen (secondary N) is 2. The number of hydrazone groups is 1. The van der Waals surface area contributed by atoms with E-state index in [1.807, 2.05) is 43.3 Å². The molecule has 0 aliphatic rings. The molecule has 0 aromatic heterocycles. The quantitative estimate of drug-likeness (QED) is 0.586. The van der Waals surface area contributed by atoms with E-state index in [9.17, 15) is 9.59 Å². The fourth-order valence-corrected chi connectivity index (χ4v) is 1.64. The van der Waals surface area contributed by atoms with Crippen LogP contribution in [0, 0.1) is 0 Å². The molecule has 0 fully saturated rings. The predicted octanol–water partition coefficient (Wildman–Crippen LogP) is 1.22. The van der Waals surface area contributed by atoms with Gasteiger partial charge < -0.3 is 15.0 Å². The van der Waals surface area contributed by atoms with Gasteiger partial charge in [-0.3, -0.25) is 9.59 Å². The van der Waals surface area contributed by atoms with E-state index >= 15 is 0 Å². The van der Waals surface area contributed by atoms with Crippen molar-refractivity contribution in [2.24, 2.45) is 5.10 Å². The van der Waals surface area contributed by atoms with Crippen LogP contribution in [0.25, 0.3) is 0 Å². The van der Waals surface area contributed by atoms with Gasteiger partial charge in [0.1, 0.15) is 6.61 Å². The molecule has 0 aliphatic heterocycles. The molecule has 2 N–H and O–H groups in total. The molecule has 0 saturated carbocycles. The summed E-state index contributed by atoms with van der Waals surface area (Å²) in [6.07, 6.45) is 0.0999. The standard InChI is InChI=1S/C15H22N4O3/c1-11(17-18-15(21)10-22-4)9-14(20)16-12-5-7-13(8-6-12)19(2)3/h5-8H,9-10H2,1-4H3,(H,16,20)(H,18,21). The van der Waals surface area contributed by atoms with Crippen molar-refractivity contribution in [3.05, 3.63) is 24.3 Å². The van der Waals surface area contributed by atoms with Gasteiger partial charge in [0.25, 0.3) is 5.91 Å². The lowest BCUT2D eigenvalue weighted by Gasteiger charge is -2.13. The first-order chi connectivity index (χ1) is 10.4. The van der Waals surface area contributed by atoms with E-state index in [-0.39, 0.29) is 24.8 Å². The van der Waals surface area contributed by atoms with Crippen molar-refractivity contribution in [1.29, 1.82) is 0 Å². The molecule has 0 aliphatic carbocycles. The normalized spacial score (nSPS) is 11.0. The van der Waals surface area contributed by atoms with Gasteiger partial charge in [-0.05, 0) is 31.2 Å². The lowest BCUT2D eigenvalue weighted by molar-refractivity contribution is -0.124. The Kier molecular flexibility index (Phi) is 7.04. The van der Waals surface area contributed by atoms with Crippen LogP contribution in [0.1, 0.15) is 13.3 Å². The van der Waals surface area contributed by atoms with Crippen LogP contribution in [-0.2, 0) is 14.3 Å². The fraction of sp³-hybridized carbons (Fsp3) is 0.400. The van der Waals surface area contributed by atoms with Crippen LogP contribution in [-0.4, -0.2) is 45.3 Å². The van der Waals surface area contributed by atoms with Gasteiger partial charge in [-0.25, -0.2) is 5.43 Å². The summed E-state index contributed by atoms with van der Waals surface area (Å²) in [5, 5.41) is 6.61. The molecule has 0 saturated heterocycles. The highest BCUT2D eigenvalue weighted by Gasteiger charge is 2.06.